The predicted molar refractivity (Wildman–Crippen MR) is 139 cm³/mol. The number of aryl methyl sites for hydroxylation is 1. The van der Waals surface area contributed by atoms with E-state index in [2.05, 4.69) is 34.2 Å². The molecule has 2 aromatic carbocycles. The van der Waals surface area contributed by atoms with Gasteiger partial charge in [0.15, 0.2) is 0 Å². The maximum atomic E-state index is 15.3. The second-order valence-electron chi connectivity index (χ2n) is 10.6. The highest BCUT2D eigenvalue weighted by Crippen LogP contribution is 2.41. The predicted octanol–water partition coefficient (Wildman–Crippen LogP) is 5.97. The Hall–Kier alpha value is -2.91. The van der Waals surface area contributed by atoms with Gasteiger partial charge in [-0.15, -0.1) is 0 Å². The number of fused-ring (bicyclic) bond motifs is 1. The lowest BCUT2D eigenvalue weighted by molar-refractivity contribution is -0.170. The first-order chi connectivity index (χ1) is 17.3. The highest BCUT2D eigenvalue weighted by molar-refractivity contribution is 5.90. The molecular formula is C28H35F3N4O2. The minimum atomic E-state index is -3.78. The molecule has 0 spiro atoms. The molecule has 3 atom stereocenters. The Morgan fingerprint density at radius 1 is 1.19 bits per heavy atom. The van der Waals surface area contributed by atoms with Gasteiger partial charge in [-0.2, -0.15) is 8.78 Å². The lowest BCUT2D eigenvalue weighted by Gasteiger charge is -2.30. The lowest BCUT2D eigenvalue weighted by Crippen LogP contribution is -2.41. The van der Waals surface area contributed by atoms with Crippen LogP contribution in [-0.4, -0.2) is 51.3 Å². The van der Waals surface area contributed by atoms with Crippen molar-refractivity contribution in [2.75, 3.05) is 19.0 Å². The second kappa shape index (κ2) is 10.1. The maximum Gasteiger partial charge on any atom is 0.303 e. The van der Waals surface area contributed by atoms with Crippen LogP contribution in [0.5, 0.6) is 5.75 Å². The molecule has 0 bridgehead atoms. The first-order valence-corrected chi connectivity index (χ1v) is 12.6. The van der Waals surface area contributed by atoms with Crippen LogP contribution in [0.3, 0.4) is 0 Å². The molecule has 0 aliphatic carbocycles. The molecule has 9 heteroatoms. The molecule has 200 valence electrons. The van der Waals surface area contributed by atoms with Crippen molar-refractivity contribution >= 4 is 16.7 Å². The number of likely N-dealkylation sites (N-methyl/N-ethyl adjacent to an activating group) is 1. The highest BCUT2D eigenvalue weighted by Gasteiger charge is 2.49. The number of nitrogens with one attached hydrogen (secondary N) is 1. The molecule has 2 N–H and O–H groups in total. The number of aliphatic hydroxyl groups is 1. The zero-order chi connectivity index (χ0) is 27.1. The van der Waals surface area contributed by atoms with Gasteiger partial charge in [0, 0.05) is 23.0 Å². The van der Waals surface area contributed by atoms with E-state index in [1.54, 1.807) is 13.8 Å². The van der Waals surface area contributed by atoms with Crippen LogP contribution in [0.1, 0.15) is 63.5 Å². The van der Waals surface area contributed by atoms with Crippen LogP contribution in [0.25, 0.3) is 10.9 Å². The molecule has 37 heavy (non-hydrogen) atoms. The van der Waals surface area contributed by atoms with E-state index in [-0.39, 0.29) is 5.56 Å². The number of alkyl halides is 2. The Labute approximate surface area is 215 Å². The summed E-state index contributed by atoms with van der Waals surface area (Å²) >= 11 is 0. The van der Waals surface area contributed by atoms with Gasteiger partial charge in [-0.3, -0.25) is 4.90 Å². The molecule has 0 unspecified atom stereocenters. The Kier molecular flexibility index (Phi) is 7.41. The molecule has 1 aliphatic rings. The number of benzene rings is 2. The summed E-state index contributed by atoms with van der Waals surface area (Å²) in [5, 5.41) is 13.8. The SMILES string of the molecule is Cc1nc(N[C@H](C)c2cccc(C(F)(F)C(C)(C)O)c2F)c2cc(OC[C@@H]3CC[C@@H](C)N3C)ccc2n1. The monoisotopic (exact) mass is 516 g/mol. The van der Waals surface area contributed by atoms with Crippen LogP contribution >= 0.6 is 0 Å². The number of aromatic nitrogens is 2. The standard InChI is InChI=1S/C28H35F3N4O2/c1-16-10-11-19(35(16)6)15-37-20-12-13-24-22(14-20)26(34-18(3)33-24)32-17(2)21-8-7-9-23(25(21)29)28(30,31)27(4,5)36/h7-9,12-14,16-17,19,36H,10-11,15H2,1-6H3,(H,32,33,34)/t16-,17-,19+/m1/s1. The minimum Gasteiger partial charge on any atom is -0.492 e. The summed E-state index contributed by atoms with van der Waals surface area (Å²) in [4.78, 5) is 11.3. The summed E-state index contributed by atoms with van der Waals surface area (Å²) in [6.45, 7) is 8.11. The Morgan fingerprint density at radius 2 is 1.92 bits per heavy atom. The summed E-state index contributed by atoms with van der Waals surface area (Å²) in [6.07, 6.45) is 2.22. The van der Waals surface area contributed by atoms with Crippen molar-refractivity contribution in [3.05, 3.63) is 59.2 Å². The number of nitrogens with zero attached hydrogens (tertiary/aromatic N) is 3. The summed E-state index contributed by atoms with van der Waals surface area (Å²) in [6, 6.07) is 9.54. The van der Waals surface area contributed by atoms with Crippen molar-refractivity contribution in [1.82, 2.24) is 14.9 Å². The van der Waals surface area contributed by atoms with Crippen LogP contribution < -0.4 is 10.1 Å². The fourth-order valence-electron chi connectivity index (χ4n) is 4.76. The zero-order valence-corrected chi connectivity index (χ0v) is 22.1. The van der Waals surface area contributed by atoms with Crippen LogP contribution in [0.2, 0.25) is 0 Å². The van der Waals surface area contributed by atoms with Gasteiger partial charge in [0.2, 0.25) is 0 Å². The van der Waals surface area contributed by atoms with Gasteiger partial charge < -0.3 is 15.2 Å². The first kappa shape index (κ1) is 27.1. The van der Waals surface area contributed by atoms with Gasteiger partial charge >= 0.3 is 5.92 Å². The molecule has 1 aliphatic heterocycles. The average molecular weight is 517 g/mol. The van der Waals surface area contributed by atoms with Gasteiger partial charge in [-0.25, -0.2) is 14.4 Å². The largest absolute Gasteiger partial charge is 0.492 e. The lowest BCUT2D eigenvalue weighted by atomic mass is 9.91. The van der Waals surface area contributed by atoms with Crippen LogP contribution in [0.15, 0.2) is 36.4 Å². The summed E-state index contributed by atoms with van der Waals surface area (Å²) in [5.74, 6) is -3.21. The number of rotatable bonds is 8. The van der Waals surface area contributed by atoms with Crippen LogP contribution in [0, 0.1) is 12.7 Å². The van der Waals surface area contributed by atoms with E-state index < -0.39 is 28.9 Å². The Morgan fingerprint density at radius 3 is 2.57 bits per heavy atom. The quantitative estimate of drug-likeness (QED) is 0.384. The molecule has 6 nitrogen and oxygen atoms in total. The van der Waals surface area contributed by atoms with Crippen molar-refractivity contribution in [3.63, 3.8) is 0 Å². The minimum absolute atomic E-state index is 0.0386. The third kappa shape index (κ3) is 5.38. The zero-order valence-electron chi connectivity index (χ0n) is 22.1. The molecule has 2 heterocycles. The Balaban J connectivity index is 1.62. The molecule has 0 saturated carbocycles. The van der Waals surface area contributed by atoms with Crippen molar-refractivity contribution in [3.8, 4) is 5.75 Å². The normalized spacial score (nSPS) is 19.8. The van der Waals surface area contributed by atoms with E-state index in [9.17, 15) is 13.9 Å². The van der Waals surface area contributed by atoms with Crippen molar-refractivity contribution in [2.45, 2.75) is 77.1 Å². The average Bonchev–Trinajstić information content (AvgIpc) is 3.14. The smallest absolute Gasteiger partial charge is 0.303 e. The summed E-state index contributed by atoms with van der Waals surface area (Å²) in [7, 11) is 2.11. The molecular weight excluding hydrogens is 481 g/mol. The number of halogens is 3. The number of anilines is 1. The van der Waals surface area contributed by atoms with Gasteiger partial charge in [-0.05, 0) is 78.8 Å². The molecule has 1 aromatic heterocycles. The third-order valence-electron chi connectivity index (χ3n) is 7.37. The second-order valence-corrected chi connectivity index (χ2v) is 10.6. The summed E-state index contributed by atoms with van der Waals surface area (Å²) in [5.41, 5.74) is -2.55. The first-order valence-electron chi connectivity index (χ1n) is 12.6. The van der Waals surface area contributed by atoms with Gasteiger partial charge in [0.05, 0.1) is 17.1 Å². The molecule has 1 saturated heterocycles. The van der Waals surface area contributed by atoms with E-state index in [4.69, 9.17) is 4.74 Å². The fraction of sp³-hybridized carbons (Fsp3) is 0.500. The van der Waals surface area contributed by atoms with Crippen molar-refractivity contribution < 1.29 is 23.0 Å². The van der Waals surface area contributed by atoms with E-state index >= 15 is 4.39 Å². The van der Waals surface area contributed by atoms with Gasteiger partial charge in [0.25, 0.3) is 0 Å². The molecule has 0 radical (unpaired) electrons. The molecule has 1 fully saturated rings. The van der Waals surface area contributed by atoms with Gasteiger partial charge in [-0.1, -0.05) is 12.1 Å². The highest BCUT2D eigenvalue weighted by atomic mass is 19.3. The number of ether oxygens (including phenoxy) is 1. The van der Waals surface area contributed by atoms with Crippen molar-refractivity contribution in [2.24, 2.45) is 0 Å². The number of hydrogen-bond donors (Lipinski definition) is 2. The van der Waals surface area contributed by atoms with E-state index in [1.165, 1.54) is 12.1 Å². The van der Waals surface area contributed by atoms with E-state index in [0.29, 0.717) is 47.0 Å². The molecule has 3 aromatic rings. The number of likely N-dealkylation sites (tertiary alicyclic amines) is 1. The van der Waals surface area contributed by atoms with Crippen molar-refractivity contribution in [1.29, 1.82) is 0 Å². The third-order valence-corrected chi connectivity index (χ3v) is 7.37. The fourth-order valence-corrected chi connectivity index (χ4v) is 4.76. The molecule has 4 rings (SSSR count). The summed E-state index contributed by atoms with van der Waals surface area (Å²) < 4.78 is 51.0. The van der Waals surface area contributed by atoms with Crippen LogP contribution in [0.4, 0.5) is 19.0 Å². The van der Waals surface area contributed by atoms with Gasteiger partial charge in [0.1, 0.15) is 35.4 Å². The molecule has 0 amide bonds. The Bertz CT molecular complexity index is 1280. The topological polar surface area (TPSA) is 70.5 Å². The van der Waals surface area contributed by atoms with Crippen LogP contribution in [-0.2, 0) is 5.92 Å². The van der Waals surface area contributed by atoms with E-state index in [1.807, 2.05) is 18.2 Å². The number of hydrogen-bond acceptors (Lipinski definition) is 6. The van der Waals surface area contributed by atoms with E-state index in [0.717, 1.165) is 32.8 Å². The maximum absolute atomic E-state index is 15.3.